The molecule has 26 heavy (non-hydrogen) atoms. The number of nitrogens with zero attached hydrogens (tertiary/aromatic N) is 2. The topological polar surface area (TPSA) is 42.3 Å². The Morgan fingerprint density at radius 1 is 1.12 bits per heavy atom. The first-order valence-electron chi connectivity index (χ1n) is 8.08. The van der Waals surface area contributed by atoms with Crippen LogP contribution in [0.4, 0.5) is 0 Å². The van der Waals surface area contributed by atoms with Crippen LogP contribution in [-0.2, 0) is 0 Å². The van der Waals surface area contributed by atoms with Crippen molar-refractivity contribution in [2.24, 2.45) is 0 Å². The molecule has 0 saturated carbocycles. The third-order valence-electron chi connectivity index (χ3n) is 4.40. The highest BCUT2D eigenvalue weighted by molar-refractivity contribution is 7.71. The lowest BCUT2D eigenvalue weighted by Gasteiger charge is -2.06. The maximum Gasteiger partial charge on any atom is 0.205 e. The van der Waals surface area contributed by atoms with Gasteiger partial charge in [0.2, 0.25) is 4.77 Å². The largest absolute Gasteiger partial charge is 0.497 e. The van der Waals surface area contributed by atoms with E-state index in [4.69, 9.17) is 28.6 Å². The first-order chi connectivity index (χ1) is 12.6. The molecule has 0 amide bonds. The molecule has 0 fully saturated rings. The Labute approximate surface area is 161 Å². The van der Waals surface area contributed by atoms with Gasteiger partial charge in [-0.25, -0.2) is 4.98 Å². The van der Waals surface area contributed by atoms with Crippen LogP contribution in [0.2, 0.25) is 5.02 Å². The van der Waals surface area contributed by atoms with E-state index in [-0.39, 0.29) is 0 Å². The quantitative estimate of drug-likeness (QED) is 0.463. The minimum absolute atomic E-state index is 0.498. The van der Waals surface area contributed by atoms with E-state index in [0.29, 0.717) is 4.77 Å². The molecule has 0 radical (unpaired) electrons. The molecule has 4 aromatic rings. The predicted octanol–water partition coefficient (Wildman–Crippen LogP) is 5.70. The van der Waals surface area contributed by atoms with Gasteiger partial charge in [-0.05, 0) is 66.2 Å². The number of fused-ring (bicyclic) bond motifs is 1. The van der Waals surface area contributed by atoms with Crippen LogP contribution in [0, 0.1) is 11.7 Å². The van der Waals surface area contributed by atoms with Gasteiger partial charge in [-0.15, -0.1) is 0 Å². The molecule has 2 aromatic carbocycles. The van der Waals surface area contributed by atoms with Crippen LogP contribution in [0.5, 0.6) is 5.75 Å². The molecule has 4 nitrogen and oxygen atoms in total. The standard InChI is InChI=1S/C20H16ClN3OS/c1-12-3-4-14(9-17(12)21)16-10-22-20(26)24-11-18(23-19(16)24)13-5-7-15(25-2)8-6-13/h3-11,23H,1-2H3. The van der Waals surface area contributed by atoms with Crippen molar-refractivity contribution in [1.29, 1.82) is 0 Å². The van der Waals surface area contributed by atoms with Gasteiger partial charge in [0.15, 0.2) is 0 Å². The maximum absolute atomic E-state index is 6.31. The molecule has 2 heterocycles. The van der Waals surface area contributed by atoms with E-state index in [0.717, 1.165) is 44.4 Å². The number of benzene rings is 2. The zero-order chi connectivity index (χ0) is 18.3. The molecule has 0 aliphatic heterocycles. The van der Waals surface area contributed by atoms with Gasteiger partial charge in [0.1, 0.15) is 11.4 Å². The normalized spacial score (nSPS) is 11.0. The highest BCUT2D eigenvalue weighted by atomic mass is 35.5. The molecular formula is C20H16ClN3OS. The summed E-state index contributed by atoms with van der Waals surface area (Å²) in [4.78, 5) is 7.83. The van der Waals surface area contributed by atoms with Crippen LogP contribution >= 0.6 is 23.8 Å². The fourth-order valence-electron chi connectivity index (χ4n) is 2.89. The van der Waals surface area contributed by atoms with Crippen molar-refractivity contribution in [3.8, 4) is 28.1 Å². The van der Waals surface area contributed by atoms with E-state index in [1.54, 1.807) is 13.3 Å². The number of hydrogen-bond donors (Lipinski definition) is 1. The lowest BCUT2D eigenvalue weighted by Crippen LogP contribution is -1.93. The van der Waals surface area contributed by atoms with Gasteiger partial charge in [-0.1, -0.05) is 23.7 Å². The molecule has 0 unspecified atom stereocenters. The average Bonchev–Trinajstić information content (AvgIpc) is 3.11. The minimum Gasteiger partial charge on any atom is -0.497 e. The van der Waals surface area contributed by atoms with Crippen LogP contribution in [0.25, 0.3) is 28.0 Å². The number of aromatic amines is 1. The Morgan fingerprint density at radius 3 is 2.54 bits per heavy atom. The molecule has 2 aromatic heterocycles. The molecular weight excluding hydrogens is 366 g/mol. The van der Waals surface area contributed by atoms with Gasteiger partial charge < -0.3 is 9.72 Å². The number of ether oxygens (including phenoxy) is 1. The van der Waals surface area contributed by atoms with E-state index in [9.17, 15) is 0 Å². The zero-order valence-corrected chi connectivity index (χ0v) is 15.9. The van der Waals surface area contributed by atoms with Gasteiger partial charge in [0.05, 0.1) is 12.8 Å². The highest BCUT2D eigenvalue weighted by Crippen LogP contribution is 2.30. The number of hydrogen-bond acceptors (Lipinski definition) is 3. The Kier molecular flexibility index (Phi) is 4.26. The van der Waals surface area contributed by atoms with Crippen LogP contribution in [0.15, 0.2) is 54.9 Å². The second kappa shape index (κ2) is 6.59. The Balaban J connectivity index is 1.90. The summed E-state index contributed by atoms with van der Waals surface area (Å²) in [5.41, 5.74) is 5.85. The molecule has 0 bridgehead atoms. The number of aromatic nitrogens is 3. The van der Waals surface area contributed by atoms with Gasteiger partial charge in [-0.3, -0.25) is 4.40 Å². The van der Waals surface area contributed by atoms with Gasteiger partial charge in [-0.2, -0.15) is 0 Å². The number of rotatable bonds is 3. The Morgan fingerprint density at radius 2 is 1.85 bits per heavy atom. The molecule has 0 aliphatic carbocycles. The van der Waals surface area contributed by atoms with Crippen molar-refractivity contribution in [1.82, 2.24) is 14.4 Å². The Bertz CT molecular complexity index is 1160. The molecule has 130 valence electrons. The van der Waals surface area contributed by atoms with Crippen LogP contribution < -0.4 is 4.74 Å². The van der Waals surface area contributed by atoms with E-state index in [1.807, 2.05) is 60.0 Å². The molecule has 0 saturated heterocycles. The van der Waals surface area contributed by atoms with Crippen molar-refractivity contribution in [2.45, 2.75) is 6.92 Å². The molecule has 1 N–H and O–H groups in total. The predicted molar refractivity (Wildman–Crippen MR) is 108 cm³/mol. The summed E-state index contributed by atoms with van der Waals surface area (Å²) in [7, 11) is 1.65. The van der Waals surface area contributed by atoms with Gasteiger partial charge >= 0.3 is 0 Å². The SMILES string of the molecule is COc1ccc(-c2cn3c(=S)ncc(-c4ccc(C)c(Cl)c4)c3[nH]2)cc1. The van der Waals surface area contributed by atoms with Crippen LogP contribution in [0.3, 0.4) is 0 Å². The number of methoxy groups -OCH3 is 1. The summed E-state index contributed by atoms with van der Waals surface area (Å²) in [5.74, 6) is 0.818. The second-order valence-electron chi connectivity index (χ2n) is 6.03. The fraction of sp³-hybridized carbons (Fsp3) is 0.100. The zero-order valence-electron chi connectivity index (χ0n) is 14.3. The van der Waals surface area contributed by atoms with Gasteiger partial charge in [0.25, 0.3) is 0 Å². The van der Waals surface area contributed by atoms with E-state index >= 15 is 0 Å². The second-order valence-corrected chi connectivity index (χ2v) is 6.81. The van der Waals surface area contributed by atoms with Crippen LogP contribution in [0.1, 0.15) is 5.56 Å². The summed E-state index contributed by atoms with van der Waals surface area (Å²) in [6.45, 7) is 1.98. The maximum atomic E-state index is 6.31. The van der Waals surface area contributed by atoms with Crippen LogP contribution in [-0.4, -0.2) is 21.5 Å². The summed E-state index contributed by atoms with van der Waals surface area (Å²) in [6, 6.07) is 13.9. The molecule has 0 aliphatic rings. The number of halogens is 1. The first-order valence-corrected chi connectivity index (χ1v) is 8.87. The van der Waals surface area contributed by atoms with E-state index in [1.165, 1.54) is 0 Å². The first kappa shape index (κ1) is 16.8. The number of H-pyrrole nitrogens is 1. The summed E-state index contributed by atoms with van der Waals surface area (Å²) in [5, 5.41) is 0.727. The van der Waals surface area contributed by atoms with Crippen molar-refractivity contribution in [2.75, 3.05) is 7.11 Å². The number of aryl methyl sites for hydroxylation is 1. The average molecular weight is 382 g/mol. The monoisotopic (exact) mass is 381 g/mol. The van der Waals surface area contributed by atoms with Crippen molar-refractivity contribution < 1.29 is 4.74 Å². The lowest BCUT2D eigenvalue weighted by molar-refractivity contribution is 0.415. The molecule has 0 atom stereocenters. The summed E-state index contributed by atoms with van der Waals surface area (Å²) in [6.07, 6.45) is 3.75. The van der Waals surface area contributed by atoms with Crippen molar-refractivity contribution >= 4 is 29.5 Å². The Hall–Kier alpha value is -2.63. The number of nitrogens with one attached hydrogen (secondary N) is 1. The molecule has 6 heteroatoms. The minimum atomic E-state index is 0.498. The van der Waals surface area contributed by atoms with Crippen molar-refractivity contribution in [3.63, 3.8) is 0 Å². The summed E-state index contributed by atoms with van der Waals surface area (Å²) < 4.78 is 7.61. The number of imidazole rings is 1. The summed E-state index contributed by atoms with van der Waals surface area (Å²) >= 11 is 11.7. The third-order valence-corrected chi connectivity index (χ3v) is 5.11. The van der Waals surface area contributed by atoms with Crippen molar-refractivity contribution in [3.05, 3.63) is 70.2 Å². The van der Waals surface area contributed by atoms with E-state index in [2.05, 4.69) is 9.97 Å². The third kappa shape index (κ3) is 2.89. The smallest absolute Gasteiger partial charge is 0.205 e. The van der Waals surface area contributed by atoms with E-state index < -0.39 is 0 Å². The van der Waals surface area contributed by atoms with Gasteiger partial charge in [0, 0.05) is 23.0 Å². The lowest BCUT2D eigenvalue weighted by atomic mass is 10.1. The fourth-order valence-corrected chi connectivity index (χ4v) is 3.27. The molecule has 4 rings (SSSR count). The molecule has 0 spiro atoms. The highest BCUT2D eigenvalue weighted by Gasteiger charge is 2.11.